The third-order valence-electron chi connectivity index (χ3n) is 2.73. The van der Waals surface area contributed by atoms with Gasteiger partial charge in [0.25, 0.3) is 0 Å². The van der Waals surface area contributed by atoms with E-state index in [-0.39, 0.29) is 5.88 Å². The van der Waals surface area contributed by atoms with Gasteiger partial charge >= 0.3 is 0 Å². The molecule has 0 fully saturated rings. The molecule has 0 unspecified atom stereocenters. The standard InChI is InChI=1S/C14H15Cl2NO/c1-2-3-8-18-14-10-6-4-5-7-11(10)17-12(9-15)13(14)16/h4-7H,2-3,8-9H2,1H3. The van der Waals surface area contributed by atoms with E-state index in [0.29, 0.717) is 23.1 Å². The monoisotopic (exact) mass is 283 g/mol. The fourth-order valence-electron chi connectivity index (χ4n) is 1.76. The molecule has 18 heavy (non-hydrogen) atoms. The zero-order chi connectivity index (χ0) is 13.0. The third kappa shape index (κ3) is 2.70. The summed E-state index contributed by atoms with van der Waals surface area (Å²) in [7, 11) is 0. The van der Waals surface area contributed by atoms with Crippen LogP contribution in [0.1, 0.15) is 25.5 Å². The zero-order valence-corrected chi connectivity index (χ0v) is 11.8. The summed E-state index contributed by atoms with van der Waals surface area (Å²) in [5, 5.41) is 1.47. The average Bonchev–Trinajstić information content (AvgIpc) is 2.41. The Balaban J connectivity index is 2.48. The van der Waals surface area contributed by atoms with E-state index in [4.69, 9.17) is 27.9 Å². The number of fused-ring (bicyclic) bond motifs is 1. The van der Waals surface area contributed by atoms with Crippen molar-refractivity contribution in [2.24, 2.45) is 0 Å². The van der Waals surface area contributed by atoms with E-state index in [1.54, 1.807) is 0 Å². The average molecular weight is 284 g/mol. The van der Waals surface area contributed by atoms with Gasteiger partial charge in [-0.05, 0) is 18.6 Å². The molecule has 0 bridgehead atoms. The van der Waals surface area contributed by atoms with Gasteiger partial charge in [-0.15, -0.1) is 11.6 Å². The molecule has 0 saturated heterocycles. The maximum Gasteiger partial charge on any atom is 0.149 e. The molecule has 2 rings (SSSR count). The number of alkyl halides is 1. The van der Waals surface area contributed by atoms with Gasteiger partial charge in [0.1, 0.15) is 10.8 Å². The molecule has 1 heterocycles. The van der Waals surface area contributed by atoms with Gasteiger partial charge in [-0.3, -0.25) is 0 Å². The fourth-order valence-corrected chi connectivity index (χ4v) is 2.28. The molecule has 0 radical (unpaired) electrons. The lowest BCUT2D eigenvalue weighted by atomic mass is 10.2. The predicted octanol–water partition coefficient (Wildman–Crippen LogP) is 4.81. The van der Waals surface area contributed by atoms with Crippen molar-refractivity contribution in [3.8, 4) is 5.75 Å². The Labute approximate surface area is 117 Å². The quantitative estimate of drug-likeness (QED) is 0.581. The summed E-state index contributed by atoms with van der Waals surface area (Å²) in [5.74, 6) is 0.986. The minimum absolute atomic E-state index is 0.286. The van der Waals surface area contributed by atoms with Crippen LogP contribution in [0.25, 0.3) is 10.9 Å². The number of hydrogen-bond acceptors (Lipinski definition) is 2. The highest BCUT2D eigenvalue weighted by Gasteiger charge is 2.13. The lowest BCUT2D eigenvalue weighted by Crippen LogP contribution is -2.01. The van der Waals surface area contributed by atoms with Crippen molar-refractivity contribution in [3.05, 3.63) is 35.0 Å². The van der Waals surface area contributed by atoms with Crippen molar-refractivity contribution in [1.82, 2.24) is 4.98 Å². The number of unbranched alkanes of at least 4 members (excludes halogenated alkanes) is 1. The van der Waals surface area contributed by atoms with Gasteiger partial charge in [-0.25, -0.2) is 4.98 Å². The van der Waals surface area contributed by atoms with Crippen LogP contribution >= 0.6 is 23.2 Å². The van der Waals surface area contributed by atoms with Crippen molar-refractivity contribution >= 4 is 34.1 Å². The number of nitrogens with zero attached hydrogens (tertiary/aromatic N) is 1. The van der Waals surface area contributed by atoms with Crippen LogP contribution in [-0.2, 0) is 5.88 Å². The number of para-hydroxylation sites is 1. The Morgan fingerprint density at radius 1 is 1.28 bits per heavy atom. The first kappa shape index (κ1) is 13.4. The normalized spacial score (nSPS) is 10.8. The lowest BCUT2D eigenvalue weighted by molar-refractivity contribution is 0.312. The SMILES string of the molecule is CCCCOc1c(Cl)c(CCl)nc2ccccc12. The van der Waals surface area contributed by atoms with Crippen LogP contribution in [0.2, 0.25) is 5.02 Å². The zero-order valence-electron chi connectivity index (χ0n) is 10.2. The highest BCUT2D eigenvalue weighted by atomic mass is 35.5. The fraction of sp³-hybridized carbons (Fsp3) is 0.357. The summed E-state index contributed by atoms with van der Waals surface area (Å²) in [5.41, 5.74) is 1.53. The Kier molecular flexibility index (Phi) is 4.67. The van der Waals surface area contributed by atoms with Gasteiger partial charge in [0, 0.05) is 5.39 Å². The van der Waals surface area contributed by atoms with Crippen molar-refractivity contribution in [2.45, 2.75) is 25.6 Å². The first-order valence-electron chi connectivity index (χ1n) is 6.03. The summed E-state index contributed by atoms with van der Waals surface area (Å²) < 4.78 is 5.80. The molecule has 2 nitrogen and oxygen atoms in total. The number of halogens is 2. The van der Waals surface area contributed by atoms with E-state index in [9.17, 15) is 0 Å². The molecule has 0 aliphatic carbocycles. The minimum atomic E-state index is 0.286. The van der Waals surface area contributed by atoms with Crippen LogP contribution in [0.3, 0.4) is 0 Å². The summed E-state index contributed by atoms with van der Waals surface area (Å²) in [6, 6.07) is 7.80. The second kappa shape index (κ2) is 6.26. The van der Waals surface area contributed by atoms with Crippen molar-refractivity contribution in [1.29, 1.82) is 0 Å². The lowest BCUT2D eigenvalue weighted by Gasteiger charge is -2.12. The Hall–Kier alpha value is -0.990. The third-order valence-corrected chi connectivity index (χ3v) is 3.37. The molecule has 0 N–H and O–H groups in total. The van der Waals surface area contributed by atoms with Gasteiger partial charge in [0.05, 0.1) is 23.7 Å². The maximum atomic E-state index is 6.29. The smallest absolute Gasteiger partial charge is 0.149 e. The summed E-state index contributed by atoms with van der Waals surface area (Å²) >= 11 is 12.2. The molecule has 1 aromatic carbocycles. The molecule has 0 spiro atoms. The van der Waals surface area contributed by atoms with E-state index in [0.717, 1.165) is 23.7 Å². The first-order chi connectivity index (χ1) is 8.77. The molecule has 0 aliphatic rings. The van der Waals surface area contributed by atoms with Crippen LogP contribution in [0.4, 0.5) is 0 Å². The summed E-state index contributed by atoms with van der Waals surface area (Å²) in [4.78, 5) is 4.44. The Morgan fingerprint density at radius 2 is 2.06 bits per heavy atom. The maximum absolute atomic E-state index is 6.29. The van der Waals surface area contributed by atoms with Crippen molar-refractivity contribution in [2.75, 3.05) is 6.61 Å². The van der Waals surface area contributed by atoms with Crippen LogP contribution in [0, 0.1) is 0 Å². The first-order valence-corrected chi connectivity index (χ1v) is 6.95. The second-order valence-corrected chi connectivity index (χ2v) is 4.70. The summed E-state index contributed by atoms with van der Waals surface area (Å²) in [6.07, 6.45) is 2.09. The molecule has 0 atom stereocenters. The number of hydrogen-bond donors (Lipinski definition) is 0. The van der Waals surface area contributed by atoms with Gasteiger partial charge in [0.15, 0.2) is 0 Å². The highest BCUT2D eigenvalue weighted by molar-refractivity contribution is 6.34. The molecule has 0 saturated carbocycles. The number of pyridine rings is 1. The number of rotatable bonds is 5. The summed E-state index contributed by atoms with van der Waals surface area (Å²) in [6.45, 7) is 2.78. The Morgan fingerprint density at radius 3 is 2.78 bits per heavy atom. The number of benzene rings is 1. The van der Waals surface area contributed by atoms with Crippen LogP contribution < -0.4 is 4.74 Å². The van der Waals surface area contributed by atoms with Crippen molar-refractivity contribution in [3.63, 3.8) is 0 Å². The van der Waals surface area contributed by atoms with E-state index in [2.05, 4.69) is 11.9 Å². The molecule has 96 valence electrons. The highest BCUT2D eigenvalue weighted by Crippen LogP contribution is 2.35. The van der Waals surface area contributed by atoms with E-state index >= 15 is 0 Å². The molecule has 0 aliphatic heterocycles. The second-order valence-electron chi connectivity index (χ2n) is 4.05. The van der Waals surface area contributed by atoms with Crippen LogP contribution in [-0.4, -0.2) is 11.6 Å². The van der Waals surface area contributed by atoms with Crippen LogP contribution in [0.15, 0.2) is 24.3 Å². The van der Waals surface area contributed by atoms with Gasteiger partial charge in [-0.1, -0.05) is 37.1 Å². The minimum Gasteiger partial charge on any atom is -0.491 e. The molecule has 0 amide bonds. The van der Waals surface area contributed by atoms with E-state index in [1.165, 1.54) is 0 Å². The largest absolute Gasteiger partial charge is 0.491 e. The van der Waals surface area contributed by atoms with Crippen molar-refractivity contribution < 1.29 is 4.74 Å². The number of ether oxygens (including phenoxy) is 1. The Bertz CT molecular complexity index is 543. The topological polar surface area (TPSA) is 22.1 Å². The van der Waals surface area contributed by atoms with Gasteiger partial charge in [-0.2, -0.15) is 0 Å². The van der Waals surface area contributed by atoms with Gasteiger partial charge < -0.3 is 4.74 Å². The van der Waals surface area contributed by atoms with E-state index in [1.807, 2.05) is 24.3 Å². The molecular formula is C14H15Cl2NO. The predicted molar refractivity (Wildman–Crippen MR) is 76.7 cm³/mol. The van der Waals surface area contributed by atoms with Gasteiger partial charge in [0.2, 0.25) is 0 Å². The molecule has 4 heteroatoms. The number of aromatic nitrogens is 1. The molecule has 1 aromatic heterocycles. The van der Waals surface area contributed by atoms with E-state index < -0.39 is 0 Å². The van der Waals surface area contributed by atoms with Crippen LogP contribution in [0.5, 0.6) is 5.75 Å². The molecular weight excluding hydrogens is 269 g/mol. The molecule has 2 aromatic rings.